The summed E-state index contributed by atoms with van der Waals surface area (Å²) >= 11 is 6.87. The number of benzene rings is 1. The third-order valence-electron chi connectivity index (χ3n) is 2.11. The molecule has 16 heavy (non-hydrogen) atoms. The Morgan fingerprint density at radius 3 is 2.44 bits per heavy atom. The van der Waals surface area contributed by atoms with Gasteiger partial charge in [0.2, 0.25) is 11.8 Å². The molecule has 1 aromatic carbocycles. The summed E-state index contributed by atoms with van der Waals surface area (Å²) in [7, 11) is 0. The highest BCUT2D eigenvalue weighted by atomic mass is 35.5. The van der Waals surface area contributed by atoms with Crippen LogP contribution in [-0.4, -0.2) is 23.3 Å². The van der Waals surface area contributed by atoms with Gasteiger partial charge < -0.3 is 0 Å². The molecule has 0 unspecified atom stereocenters. The van der Waals surface area contributed by atoms with Gasteiger partial charge in [-0.25, -0.2) is 9.29 Å². The van der Waals surface area contributed by atoms with Gasteiger partial charge in [0.1, 0.15) is 5.82 Å². The number of hydrogen-bond donors (Lipinski definition) is 0. The smallest absolute Gasteiger partial charge is 0.243 e. The fourth-order valence-corrected chi connectivity index (χ4v) is 2.29. The van der Waals surface area contributed by atoms with Gasteiger partial charge in [-0.2, -0.15) is 0 Å². The zero-order chi connectivity index (χ0) is 11.7. The van der Waals surface area contributed by atoms with Crippen molar-refractivity contribution < 1.29 is 14.0 Å². The maximum Gasteiger partial charge on any atom is 0.243 e. The molecule has 1 aliphatic heterocycles. The number of anilines is 1. The minimum absolute atomic E-state index is 0.101. The van der Waals surface area contributed by atoms with Gasteiger partial charge in [0, 0.05) is 0 Å². The van der Waals surface area contributed by atoms with Crippen molar-refractivity contribution in [3.63, 3.8) is 0 Å². The Kier molecular flexibility index (Phi) is 3.16. The maximum absolute atomic E-state index is 12.9. The highest BCUT2D eigenvalue weighted by molar-refractivity contribution is 8.00. The first-order valence-electron chi connectivity index (χ1n) is 4.48. The Hall–Kier alpha value is -1.07. The number of nitrogens with zero attached hydrogens (tertiary/aromatic N) is 1. The van der Waals surface area contributed by atoms with Gasteiger partial charge in [0.15, 0.2) is 0 Å². The van der Waals surface area contributed by atoms with E-state index in [2.05, 4.69) is 0 Å². The number of rotatable bonds is 1. The molecule has 84 valence electrons. The third-order valence-corrected chi connectivity index (χ3v) is 3.30. The second-order valence-electron chi connectivity index (χ2n) is 3.21. The van der Waals surface area contributed by atoms with Crippen LogP contribution in [0.5, 0.6) is 0 Å². The predicted octanol–water partition coefficient (Wildman–Crippen LogP) is 2.09. The molecule has 0 bridgehead atoms. The fraction of sp³-hybridized carbons (Fsp3) is 0.200. The molecule has 1 aliphatic rings. The summed E-state index contributed by atoms with van der Waals surface area (Å²) in [5.74, 6) is -0.675. The summed E-state index contributed by atoms with van der Waals surface area (Å²) in [6.07, 6.45) is 0. The first-order chi connectivity index (χ1) is 7.59. The van der Waals surface area contributed by atoms with E-state index in [0.717, 1.165) is 11.0 Å². The van der Waals surface area contributed by atoms with Crippen LogP contribution >= 0.6 is 23.4 Å². The Bertz CT molecular complexity index is 450. The second-order valence-corrected chi connectivity index (χ2v) is 4.61. The molecule has 0 N–H and O–H groups in total. The lowest BCUT2D eigenvalue weighted by molar-refractivity contribution is -0.124. The van der Waals surface area contributed by atoms with Crippen molar-refractivity contribution in [2.24, 2.45) is 0 Å². The van der Waals surface area contributed by atoms with Crippen LogP contribution in [0.3, 0.4) is 0 Å². The van der Waals surface area contributed by atoms with Gasteiger partial charge in [0.05, 0.1) is 22.2 Å². The van der Waals surface area contributed by atoms with Crippen LogP contribution in [0, 0.1) is 5.82 Å². The molecule has 0 saturated carbocycles. The van der Waals surface area contributed by atoms with Crippen molar-refractivity contribution in [3.05, 3.63) is 29.0 Å². The quantitative estimate of drug-likeness (QED) is 0.725. The number of thioether (sulfide) groups is 1. The van der Waals surface area contributed by atoms with Crippen LogP contribution in [0.25, 0.3) is 0 Å². The highest BCUT2D eigenvalue weighted by Gasteiger charge is 2.28. The normalized spacial score (nSPS) is 16.8. The lowest BCUT2D eigenvalue weighted by atomic mass is 10.2. The second kappa shape index (κ2) is 4.43. The van der Waals surface area contributed by atoms with Crippen LogP contribution in [0.4, 0.5) is 10.1 Å². The Labute approximate surface area is 101 Å². The van der Waals surface area contributed by atoms with Crippen LogP contribution in [-0.2, 0) is 9.59 Å². The fourth-order valence-electron chi connectivity index (χ4n) is 1.41. The van der Waals surface area contributed by atoms with E-state index in [4.69, 9.17) is 11.6 Å². The minimum Gasteiger partial charge on any atom is -0.273 e. The molecular weight excluding hydrogens is 253 g/mol. The summed E-state index contributed by atoms with van der Waals surface area (Å²) in [6, 6.07) is 3.79. The number of amides is 2. The molecule has 0 spiro atoms. The van der Waals surface area contributed by atoms with Gasteiger partial charge in [-0.3, -0.25) is 9.59 Å². The number of imide groups is 1. The first kappa shape index (κ1) is 11.4. The molecule has 2 amide bonds. The summed E-state index contributed by atoms with van der Waals surface area (Å²) in [4.78, 5) is 24.1. The van der Waals surface area contributed by atoms with E-state index < -0.39 is 5.82 Å². The molecule has 0 atom stereocenters. The summed E-state index contributed by atoms with van der Waals surface area (Å²) < 4.78 is 12.9. The average molecular weight is 260 g/mol. The predicted molar refractivity (Wildman–Crippen MR) is 61.2 cm³/mol. The summed E-state index contributed by atoms with van der Waals surface area (Å²) in [5.41, 5.74) is 0.321. The minimum atomic E-state index is -0.573. The molecule has 1 saturated heterocycles. The van der Waals surface area contributed by atoms with Gasteiger partial charge in [-0.05, 0) is 18.2 Å². The molecule has 0 aliphatic carbocycles. The van der Waals surface area contributed by atoms with Crippen LogP contribution in [0.1, 0.15) is 0 Å². The third kappa shape index (κ3) is 2.05. The standard InChI is InChI=1S/C10H7ClFNO2S/c11-7-3-6(1-2-8(7)12)13-9(14)4-16-5-10(13)15/h1-3H,4-5H2. The number of halogens is 2. The maximum atomic E-state index is 12.9. The first-order valence-corrected chi connectivity index (χ1v) is 6.01. The zero-order valence-corrected chi connectivity index (χ0v) is 9.65. The Morgan fingerprint density at radius 1 is 1.25 bits per heavy atom. The Morgan fingerprint density at radius 2 is 1.88 bits per heavy atom. The molecule has 0 aromatic heterocycles. The van der Waals surface area contributed by atoms with Crippen molar-refractivity contribution >= 4 is 40.9 Å². The van der Waals surface area contributed by atoms with E-state index in [1.165, 1.54) is 23.9 Å². The molecule has 1 fully saturated rings. The van der Waals surface area contributed by atoms with Gasteiger partial charge >= 0.3 is 0 Å². The van der Waals surface area contributed by atoms with E-state index in [0.29, 0.717) is 5.69 Å². The molecule has 1 aromatic rings. The van der Waals surface area contributed by atoms with E-state index in [1.807, 2.05) is 0 Å². The van der Waals surface area contributed by atoms with Crippen LogP contribution in [0.15, 0.2) is 18.2 Å². The molecule has 0 radical (unpaired) electrons. The number of hydrogen-bond acceptors (Lipinski definition) is 3. The lowest BCUT2D eigenvalue weighted by Crippen LogP contribution is -2.43. The number of carbonyl (C=O) groups excluding carboxylic acids is 2. The van der Waals surface area contributed by atoms with Gasteiger partial charge in [-0.1, -0.05) is 11.6 Å². The molecule has 2 rings (SSSR count). The average Bonchev–Trinajstić information content (AvgIpc) is 2.23. The molecule has 3 nitrogen and oxygen atoms in total. The van der Waals surface area contributed by atoms with Gasteiger partial charge in [-0.15, -0.1) is 11.8 Å². The van der Waals surface area contributed by atoms with Crippen molar-refractivity contribution in [1.29, 1.82) is 0 Å². The van der Waals surface area contributed by atoms with Gasteiger partial charge in [0.25, 0.3) is 0 Å². The Balaban J connectivity index is 2.38. The topological polar surface area (TPSA) is 37.4 Å². The molecule has 6 heteroatoms. The van der Waals surface area contributed by atoms with E-state index in [9.17, 15) is 14.0 Å². The number of carbonyl (C=O) groups is 2. The zero-order valence-electron chi connectivity index (χ0n) is 8.07. The highest BCUT2D eigenvalue weighted by Crippen LogP contribution is 2.25. The lowest BCUT2D eigenvalue weighted by Gasteiger charge is -2.24. The summed E-state index contributed by atoms with van der Waals surface area (Å²) in [6.45, 7) is 0. The van der Waals surface area contributed by atoms with Crippen molar-refractivity contribution in [2.45, 2.75) is 0 Å². The monoisotopic (exact) mass is 259 g/mol. The van der Waals surface area contributed by atoms with E-state index in [-0.39, 0.29) is 28.3 Å². The van der Waals surface area contributed by atoms with Crippen molar-refractivity contribution in [3.8, 4) is 0 Å². The van der Waals surface area contributed by atoms with Crippen LogP contribution in [0.2, 0.25) is 5.02 Å². The van der Waals surface area contributed by atoms with E-state index in [1.54, 1.807) is 0 Å². The van der Waals surface area contributed by atoms with Crippen molar-refractivity contribution in [1.82, 2.24) is 0 Å². The summed E-state index contributed by atoms with van der Waals surface area (Å²) in [5, 5.41) is -0.101. The molecule has 1 heterocycles. The SMILES string of the molecule is O=C1CSCC(=O)N1c1ccc(F)c(Cl)c1. The van der Waals surface area contributed by atoms with Crippen molar-refractivity contribution in [2.75, 3.05) is 16.4 Å². The van der Waals surface area contributed by atoms with Crippen LogP contribution < -0.4 is 4.90 Å². The van der Waals surface area contributed by atoms with E-state index >= 15 is 0 Å². The largest absolute Gasteiger partial charge is 0.273 e. The molecular formula is C10H7ClFNO2S.